The van der Waals surface area contributed by atoms with Crippen LogP contribution in [0.3, 0.4) is 0 Å². The summed E-state index contributed by atoms with van der Waals surface area (Å²) in [4.78, 5) is 14.1. The molecule has 8 aromatic carbocycles. The Hall–Kier alpha value is -9.76. The largest absolute Gasteiger partial charge is 0.457 e. The molecule has 1 atom stereocenters. The van der Waals surface area contributed by atoms with Crippen molar-refractivity contribution in [3.8, 4) is 46.0 Å². The first-order valence-electron chi connectivity index (χ1n) is 22.9. The lowest BCUT2D eigenvalue weighted by Gasteiger charge is -2.39. The van der Waals surface area contributed by atoms with Gasteiger partial charge in [0.15, 0.2) is 5.69 Å². The van der Waals surface area contributed by atoms with Crippen molar-refractivity contribution >= 4 is 71.1 Å². The van der Waals surface area contributed by atoms with Crippen LogP contribution < -0.4 is 4.74 Å². The summed E-state index contributed by atoms with van der Waals surface area (Å²) < 4.78 is 13.9. The Bertz CT molecular complexity index is 4470. The molecule has 8 heteroatoms. The molecule has 0 amide bonds. The lowest BCUT2D eigenvalue weighted by Crippen LogP contribution is -2.32. The molecule has 13 aromatic rings. The van der Waals surface area contributed by atoms with Gasteiger partial charge < -0.3 is 18.4 Å². The summed E-state index contributed by atoms with van der Waals surface area (Å²) in [6, 6.07) is 67.8. The summed E-state index contributed by atoms with van der Waals surface area (Å²) in [5.74, 6) is 1.49. The van der Waals surface area contributed by atoms with Crippen LogP contribution in [0.4, 0.5) is 5.69 Å². The Morgan fingerprint density at radius 2 is 1.00 bits per heavy atom. The zero-order chi connectivity index (χ0) is 45.5. The van der Waals surface area contributed by atoms with Crippen molar-refractivity contribution < 1.29 is 4.74 Å². The molecular weight excluding hydrogens is 847 g/mol. The summed E-state index contributed by atoms with van der Waals surface area (Å²) in [6.07, 6.45) is 3.80. The van der Waals surface area contributed by atoms with Gasteiger partial charge in [-0.2, -0.15) is 5.26 Å². The van der Waals surface area contributed by atoms with Crippen molar-refractivity contribution in [2.45, 2.75) is 5.41 Å². The van der Waals surface area contributed by atoms with Gasteiger partial charge in [0.05, 0.1) is 80.0 Å². The quantitative estimate of drug-likeness (QED) is 0.166. The topological polar surface area (TPSA) is 78.0 Å². The number of nitriles is 1. The van der Waals surface area contributed by atoms with E-state index in [1.165, 1.54) is 10.8 Å². The van der Waals surface area contributed by atoms with Gasteiger partial charge in [-0.15, -0.1) is 0 Å². The number of para-hydroxylation sites is 4. The molecule has 6 heterocycles. The molecule has 15 rings (SSSR count). The van der Waals surface area contributed by atoms with Crippen LogP contribution in [-0.2, 0) is 5.41 Å². The minimum absolute atomic E-state index is 0.602. The number of ether oxygens (including phenoxy) is 1. The fourth-order valence-electron chi connectivity index (χ4n) is 11.9. The first-order chi connectivity index (χ1) is 34.1. The van der Waals surface area contributed by atoms with Crippen molar-refractivity contribution in [3.05, 3.63) is 240 Å². The molecule has 2 aliphatic rings. The van der Waals surface area contributed by atoms with Crippen LogP contribution in [0.5, 0.6) is 11.5 Å². The second-order valence-corrected chi connectivity index (χ2v) is 17.9. The molecule has 8 nitrogen and oxygen atoms in total. The van der Waals surface area contributed by atoms with Gasteiger partial charge in [0.1, 0.15) is 11.5 Å². The maximum absolute atomic E-state index is 10.2. The van der Waals surface area contributed by atoms with Gasteiger partial charge in [-0.3, -0.25) is 9.97 Å². The Labute approximate surface area is 394 Å². The second kappa shape index (κ2) is 13.6. The number of benzene rings is 8. The van der Waals surface area contributed by atoms with Gasteiger partial charge in [0, 0.05) is 67.3 Å². The number of hydrogen-bond donors (Lipinski definition) is 0. The van der Waals surface area contributed by atoms with Crippen LogP contribution in [0.2, 0.25) is 0 Å². The van der Waals surface area contributed by atoms with E-state index in [2.05, 4.69) is 164 Å². The second-order valence-electron chi connectivity index (χ2n) is 17.9. The van der Waals surface area contributed by atoms with E-state index < -0.39 is 5.41 Å². The average molecular weight is 880 g/mol. The normalized spacial score (nSPS) is 14.5. The van der Waals surface area contributed by atoms with Gasteiger partial charge in [-0.25, -0.2) is 4.85 Å². The molecule has 5 aromatic heterocycles. The van der Waals surface area contributed by atoms with Crippen molar-refractivity contribution in [1.29, 1.82) is 5.26 Å². The van der Waals surface area contributed by atoms with Crippen molar-refractivity contribution in [2.75, 3.05) is 0 Å². The molecule has 0 saturated carbocycles. The first-order valence-corrected chi connectivity index (χ1v) is 22.9. The number of nitrogens with zero attached hydrogens (tertiary/aromatic N) is 7. The molecule has 0 saturated heterocycles. The van der Waals surface area contributed by atoms with Gasteiger partial charge in [-0.1, -0.05) is 91.0 Å². The maximum atomic E-state index is 10.2. The Morgan fingerprint density at radius 3 is 1.74 bits per heavy atom. The third-order valence-corrected chi connectivity index (χ3v) is 14.6. The molecule has 1 unspecified atom stereocenters. The monoisotopic (exact) mass is 879 g/mol. The van der Waals surface area contributed by atoms with E-state index in [9.17, 15) is 5.26 Å². The van der Waals surface area contributed by atoms with Crippen molar-refractivity contribution in [3.63, 3.8) is 0 Å². The van der Waals surface area contributed by atoms with E-state index >= 15 is 0 Å². The molecule has 69 heavy (non-hydrogen) atoms. The number of aromatic nitrogens is 5. The van der Waals surface area contributed by atoms with Gasteiger partial charge in [-0.05, 0) is 102 Å². The van der Waals surface area contributed by atoms with E-state index in [1.54, 1.807) is 0 Å². The average Bonchev–Trinajstić information content (AvgIpc) is 4.12. The fraction of sp³-hybridized carbons (Fsp3) is 0.0164. The highest BCUT2D eigenvalue weighted by atomic mass is 16.5. The Balaban J connectivity index is 0.967. The highest BCUT2D eigenvalue weighted by Crippen LogP contribution is 2.62. The number of hydrogen-bond acceptors (Lipinski definition) is 4. The highest BCUT2D eigenvalue weighted by Gasteiger charge is 2.52. The van der Waals surface area contributed by atoms with Crippen LogP contribution in [-0.4, -0.2) is 23.7 Å². The number of rotatable bonds is 3. The third kappa shape index (κ3) is 4.88. The molecule has 1 aliphatic carbocycles. The SMILES string of the molecule is [C-]#[N+]c1ccc2c(c1)c1ccccc1n2-c1cnc2c(c1)C1(c3ccccc3Oc3cc(-n4c5ccc(C#N)cc5c5cc(-n6c7ccccc7c7ccccc76)ccc54)ccc31)c1cccnc1-2. The van der Waals surface area contributed by atoms with Gasteiger partial charge in [0.2, 0.25) is 0 Å². The Morgan fingerprint density at radius 1 is 0.449 bits per heavy atom. The lowest BCUT2D eigenvalue weighted by molar-refractivity contribution is 0.436. The van der Waals surface area contributed by atoms with E-state index in [0.29, 0.717) is 11.3 Å². The first kappa shape index (κ1) is 37.5. The molecular formula is C61H33N7O. The molecule has 0 N–H and O–H groups in total. The minimum Gasteiger partial charge on any atom is -0.457 e. The van der Waals surface area contributed by atoms with Gasteiger partial charge in [0.25, 0.3) is 0 Å². The zero-order valence-electron chi connectivity index (χ0n) is 36.6. The number of pyridine rings is 2. The van der Waals surface area contributed by atoms with Gasteiger partial charge >= 0.3 is 0 Å². The predicted octanol–water partition coefficient (Wildman–Crippen LogP) is 14.7. The summed E-state index contributed by atoms with van der Waals surface area (Å²) in [7, 11) is 0. The van der Waals surface area contributed by atoms with Crippen LogP contribution in [0.1, 0.15) is 27.8 Å². The summed E-state index contributed by atoms with van der Waals surface area (Å²) in [5, 5.41) is 16.7. The lowest BCUT2D eigenvalue weighted by atomic mass is 9.66. The number of fused-ring (bicyclic) bond motifs is 18. The predicted molar refractivity (Wildman–Crippen MR) is 273 cm³/mol. The summed E-state index contributed by atoms with van der Waals surface area (Å²) >= 11 is 0. The minimum atomic E-state index is -0.833. The van der Waals surface area contributed by atoms with Crippen LogP contribution in [0.15, 0.2) is 200 Å². The van der Waals surface area contributed by atoms with Crippen LogP contribution in [0.25, 0.3) is 98.7 Å². The maximum Gasteiger partial charge on any atom is 0.188 e. The van der Waals surface area contributed by atoms with E-state index in [4.69, 9.17) is 21.3 Å². The summed E-state index contributed by atoms with van der Waals surface area (Å²) in [6.45, 7) is 7.77. The zero-order valence-corrected chi connectivity index (χ0v) is 36.6. The highest BCUT2D eigenvalue weighted by molar-refractivity contribution is 6.13. The molecule has 0 fully saturated rings. The summed E-state index contributed by atoms with van der Waals surface area (Å²) in [5.41, 5.74) is 15.3. The standard InChI is InChI=1S/C61H33N7O/c1-63-37-21-26-55-45(30-37)43-13-4-8-18-53(43)68(55)40-32-50-60(65-35-40)59-49(15-10-28-64-59)61(50)47-14-5-9-19-57(47)69-58-33-39(22-24-48(58)61)67-54-25-20-36(34-62)29-44(54)46-31-38(23-27-56(46)67)66-51-16-6-2-11-41(51)42-12-3-7-17-52(42)66/h2-33,35H. The fourth-order valence-corrected chi connectivity index (χ4v) is 11.9. The molecule has 1 aliphatic heterocycles. The van der Waals surface area contributed by atoms with E-state index in [0.717, 1.165) is 117 Å². The van der Waals surface area contributed by atoms with E-state index in [1.807, 2.05) is 60.9 Å². The Kier molecular flexibility index (Phi) is 7.41. The molecule has 1 spiro atoms. The van der Waals surface area contributed by atoms with Crippen LogP contribution >= 0.6 is 0 Å². The molecule has 0 bridgehead atoms. The molecule has 318 valence electrons. The smallest absolute Gasteiger partial charge is 0.188 e. The van der Waals surface area contributed by atoms with Crippen molar-refractivity contribution in [1.82, 2.24) is 23.7 Å². The van der Waals surface area contributed by atoms with Crippen molar-refractivity contribution in [2.24, 2.45) is 0 Å². The van der Waals surface area contributed by atoms with Crippen LogP contribution in [0, 0.1) is 17.9 Å². The van der Waals surface area contributed by atoms with E-state index in [-0.39, 0.29) is 0 Å². The third-order valence-electron chi connectivity index (χ3n) is 14.6. The molecule has 0 radical (unpaired) electrons.